The zero-order chi connectivity index (χ0) is 9.19. The lowest BCUT2D eigenvalue weighted by atomic mass is 9.95. The van der Waals surface area contributed by atoms with Crippen molar-refractivity contribution < 1.29 is 9.53 Å². The van der Waals surface area contributed by atoms with Crippen LogP contribution in [-0.2, 0) is 9.53 Å². The maximum atomic E-state index is 11.1. The summed E-state index contributed by atoms with van der Waals surface area (Å²) < 4.78 is 5.11. The number of esters is 1. The highest BCUT2D eigenvalue weighted by Gasteiger charge is 2.32. The standard InChI is InChI=1S/C10H16O2/c1-4-10(2,3)7-12-9(11)8-5-6-8/h4,8H,1,5-7H2,2-3H3. The molecular formula is C10H16O2. The lowest BCUT2D eigenvalue weighted by Gasteiger charge is -2.18. The molecule has 0 bridgehead atoms. The van der Waals surface area contributed by atoms with E-state index in [0.717, 1.165) is 12.8 Å². The van der Waals surface area contributed by atoms with Crippen LogP contribution in [-0.4, -0.2) is 12.6 Å². The van der Waals surface area contributed by atoms with Crippen LogP contribution in [0.5, 0.6) is 0 Å². The molecule has 1 saturated carbocycles. The Balaban J connectivity index is 2.23. The van der Waals surface area contributed by atoms with E-state index in [2.05, 4.69) is 6.58 Å². The first-order chi connectivity index (χ1) is 5.55. The summed E-state index contributed by atoms with van der Waals surface area (Å²) in [5.74, 6) is 0.163. The summed E-state index contributed by atoms with van der Waals surface area (Å²) in [4.78, 5) is 11.1. The summed E-state index contributed by atoms with van der Waals surface area (Å²) in [6.45, 7) is 8.13. The minimum absolute atomic E-state index is 0.0371. The van der Waals surface area contributed by atoms with Gasteiger partial charge in [-0.1, -0.05) is 19.9 Å². The highest BCUT2D eigenvalue weighted by atomic mass is 16.5. The van der Waals surface area contributed by atoms with Crippen LogP contribution in [0.4, 0.5) is 0 Å². The number of carbonyl (C=O) groups is 1. The van der Waals surface area contributed by atoms with Crippen molar-refractivity contribution in [3.63, 3.8) is 0 Å². The van der Waals surface area contributed by atoms with Crippen molar-refractivity contribution in [1.82, 2.24) is 0 Å². The molecule has 0 N–H and O–H groups in total. The van der Waals surface area contributed by atoms with E-state index in [9.17, 15) is 4.79 Å². The third kappa shape index (κ3) is 2.68. The maximum absolute atomic E-state index is 11.1. The van der Waals surface area contributed by atoms with E-state index in [4.69, 9.17) is 4.74 Å². The number of carbonyl (C=O) groups excluding carboxylic acids is 1. The van der Waals surface area contributed by atoms with Gasteiger partial charge in [0.15, 0.2) is 0 Å². The summed E-state index contributed by atoms with van der Waals surface area (Å²) >= 11 is 0. The molecule has 0 atom stereocenters. The molecule has 0 heterocycles. The van der Waals surface area contributed by atoms with E-state index in [1.165, 1.54) is 0 Å². The van der Waals surface area contributed by atoms with Gasteiger partial charge in [0.1, 0.15) is 0 Å². The fourth-order valence-corrected chi connectivity index (χ4v) is 0.753. The summed E-state index contributed by atoms with van der Waals surface area (Å²) in [5.41, 5.74) is -0.0927. The predicted octanol–water partition coefficient (Wildman–Crippen LogP) is 2.15. The second kappa shape index (κ2) is 3.30. The van der Waals surface area contributed by atoms with Crippen LogP contribution in [0.1, 0.15) is 26.7 Å². The van der Waals surface area contributed by atoms with Gasteiger partial charge in [0.25, 0.3) is 0 Å². The second-order valence-corrected chi connectivity index (χ2v) is 4.07. The van der Waals surface area contributed by atoms with Crippen molar-refractivity contribution in [2.75, 3.05) is 6.61 Å². The number of hydrogen-bond acceptors (Lipinski definition) is 2. The van der Waals surface area contributed by atoms with Gasteiger partial charge >= 0.3 is 5.97 Å². The molecule has 0 aliphatic heterocycles. The van der Waals surface area contributed by atoms with E-state index >= 15 is 0 Å². The first kappa shape index (κ1) is 9.30. The molecular weight excluding hydrogens is 152 g/mol. The molecule has 0 spiro atoms. The van der Waals surface area contributed by atoms with Crippen molar-refractivity contribution in [3.05, 3.63) is 12.7 Å². The van der Waals surface area contributed by atoms with Crippen LogP contribution >= 0.6 is 0 Å². The Morgan fingerprint density at radius 2 is 2.25 bits per heavy atom. The first-order valence-electron chi connectivity index (χ1n) is 4.35. The summed E-state index contributed by atoms with van der Waals surface area (Å²) in [6, 6.07) is 0. The zero-order valence-electron chi connectivity index (χ0n) is 7.80. The van der Waals surface area contributed by atoms with Crippen molar-refractivity contribution in [3.8, 4) is 0 Å². The lowest BCUT2D eigenvalue weighted by molar-refractivity contribution is -0.147. The molecule has 0 radical (unpaired) electrons. The van der Waals surface area contributed by atoms with Crippen LogP contribution in [0.3, 0.4) is 0 Å². The SMILES string of the molecule is C=CC(C)(C)COC(=O)C1CC1. The molecule has 1 rings (SSSR count). The summed E-state index contributed by atoms with van der Waals surface area (Å²) in [7, 11) is 0. The van der Waals surface area contributed by atoms with Crippen molar-refractivity contribution in [2.24, 2.45) is 11.3 Å². The average molecular weight is 168 g/mol. The van der Waals surface area contributed by atoms with Crippen LogP contribution in [0.2, 0.25) is 0 Å². The van der Waals surface area contributed by atoms with Crippen LogP contribution in [0, 0.1) is 11.3 Å². The summed E-state index contributed by atoms with van der Waals surface area (Å²) in [5, 5.41) is 0. The quantitative estimate of drug-likeness (QED) is 0.475. The maximum Gasteiger partial charge on any atom is 0.308 e. The van der Waals surface area contributed by atoms with E-state index < -0.39 is 0 Å². The Hall–Kier alpha value is -0.790. The molecule has 0 aromatic rings. The van der Waals surface area contributed by atoms with Crippen molar-refractivity contribution >= 4 is 5.97 Å². The van der Waals surface area contributed by atoms with Crippen LogP contribution in [0.15, 0.2) is 12.7 Å². The number of rotatable bonds is 4. The van der Waals surface area contributed by atoms with Gasteiger partial charge < -0.3 is 4.74 Å². The molecule has 68 valence electrons. The Bertz CT molecular complexity index is 190. The van der Waals surface area contributed by atoms with E-state index in [-0.39, 0.29) is 17.3 Å². The first-order valence-corrected chi connectivity index (χ1v) is 4.35. The fourth-order valence-electron chi connectivity index (χ4n) is 0.753. The lowest BCUT2D eigenvalue weighted by Crippen LogP contribution is -2.20. The van der Waals surface area contributed by atoms with Gasteiger partial charge in [-0.3, -0.25) is 4.79 Å². The van der Waals surface area contributed by atoms with Crippen LogP contribution < -0.4 is 0 Å². The average Bonchev–Trinajstić information content (AvgIpc) is 2.83. The van der Waals surface area contributed by atoms with E-state index in [0.29, 0.717) is 6.61 Å². The molecule has 1 aliphatic carbocycles. The van der Waals surface area contributed by atoms with Gasteiger partial charge in [-0.2, -0.15) is 0 Å². The molecule has 0 aromatic carbocycles. The highest BCUT2D eigenvalue weighted by molar-refractivity contribution is 5.74. The minimum atomic E-state index is -0.0927. The third-order valence-corrected chi connectivity index (χ3v) is 2.05. The number of hydrogen-bond donors (Lipinski definition) is 0. The molecule has 0 unspecified atom stereocenters. The smallest absolute Gasteiger partial charge is 0.308 e. The summed E-state index contributed by atoms with van der Waals surface area (Å²) in [6.07, 6.45) is 3.83. The molecule has 1 fully saturated rings. The Labute approximate surface area is 73.6 Å². The normalized spacial score (nSPS) is 17.2. The molecule has 1 aliphatic rings. The highest BCUT2D eigenvalue weighted by Crippen LogP contribution is 2.30. The fraction of sp³-hybridized carbons (Fsp3) is 0.700. The van der Waals surface area contributed by atoms with E-state index in [1.54, 1.807) is 0 Å². The second-order valence-electron chi connectivity index (χ2n) is 4.07. The van der Waals surface area contributed by atoms with Crippen molar-refractivity contribution in [2.45, 2.75) is 26.7 Å². The Morgan fingerprint density at radius 1 is 1.67 bits per heavy atom. The molecule has 0 saturated heterocycles. The number of ether oxygens (including phenoxy) is 1. The van der Waals surface area contributed by atoms with Gasteiger partial charge in [-0.15, -0.1) is 6.58 Å². The zero-order valence-corrected chi connectivity index (χ0v) is 7.80. The van der Waals surface area contributed by atoms with Gasteiger partial charge in [0.2, 0.25) is 0 Å². The van der Waals surface area contributed by atoms with Crippen LogP contribution in [0.25, 0.3) is 0 Å². The largest absolute Gasteiger partial charge is 0.465 e. The van der Waals surface area contributed by atoms with Gasteiger partial charge in [0, 0.05) is 5.41 Å². The molecule has 0 amide bonds. The monoisotopic (exact) mass is 168 g/mol. The Kier molecular flexibility index (Phi) is 2.55. The molecule has 2 nitrogen and oxygen atoms in total. The molecule has 0 aromatic heterocycles. The minimum Gasteiger partial charge on any atom is -0.465 e. The van der Waals surface area contributed by atoms with Gasteiger partial charge in [-0.25, -0.2) is 0 Å². The predicted molar refractivity (Wildman–Crippen MR) is 47.7 cm³/mol. The molecule has 2 heteroatoms. The van der Waals surface area contributed by atoms with Crippen molar-refractivity contribution in [1.29, 1.82) is 0 Å². The van der Waals surface area contributed by atoms with E-state index in [1.807, 2.05) is 19.9 Å². The third-order valence-electron chi connectivity index (χ3n) is 2.05. The topological polar surface area (TPSA) is 26.3 Å². The van der Waals surface area contributed by atoms with Gasteiger partial charge in [0.05, 0.1) is 12.5 Å². The molecule has 12 heavy (non-hydrogen) atoms. The Morgan fingerprint density at radius 3 is 2.67 bits per heavy atom. The van der Waals surface area contributed by atoms with Gasteiger partial charge in [-0.05, 0) is 12.8 Å².